The van der Waals surface area contributed by atoms with Gasteiger partial charge in [-0.05, 0) is 31.4 Å². The van der Waals surface area contributed by atoms with Crippen LogP contribution in [-0.4, -0.2) is 34.4 Å². The molecule has 0 heterocycles. The van der Waals surface area contributed by atoms with Crippen LogP contribution in [0, 0.1) is 5.92 Å². The largest absolute Gasteiger partial charge is 0.481 e. The van der Waals surface area contributed by atoms with Gasteiger partial charge in [0.15, 0.2) is 0 Å². The molecule has 19 heavy (non-hydrogen) atoms. The van der Waals surface area contributed by atoms with Gasteiger partial charge in [0.2, 0.25) is 0 Å². The summed E-state index contributed by atoms with van der Waals surface area (Å²) in [5.41, 5.74) is 0.396. The maximum atomic E-state index is 11.9. The molecule has 1 aliphatic rings. The number of benzene rings is 1. The molecule has 0 spiro atoms. The molecule has 5 heteroatoms. The molecule has 3 unspecified atom stereocenters. The number of carbonyl (C=O) groups excluding carboxylic acids is 1. The number of carboxylic acid groups (broad SMARTS) is 1. The maximum absolute atomic E-state index is 11.9. The van der Waals surface area contributed by atoms with Crippen molar-refractivity contribution in [2.24, 2.45) is 5.92 Å². The van der Waals surface area contributed by atoms with E-state index < -0.39 is 30.1 Å². The van der Waals surface area contributed by atoms with Gasteiger partial charge in [-0.3, -0.25) is 4.79 Å². The van der Waals surface area contributed by atoms with Crippen molar-refractivity contribution >= 4 is 11.9 Å². The number of hydrogen-bond donors (Lipinski definition) is 2. The predicted molar refractivity (Wildman–Crippen MR) is 66.6 cm³/mol. The van der Waals surface area contributed by atoms with Crippen LogP contribution in [0.15, 0.2) is 30.3 Å². The molecule has 1 aromatic carbocycles. The van der Waals surface area contributed by atoms with E-state index in [-0.39, 0.29) is 0 Å². The van der Waals surface area contributed by atoms with Crippen molar-refractivity contribution < 1.29 is 24.5 Å². The molecular weight excluding hydrogens is 248 g/mol. The van der Waals surface area contributed by atoms with E-state index in [0.29, 0.717) is 24.8 Å². The Labute approximate surface area is 110 Å². The quantitative estimate of drug-likeness (QED) is 0.807. The Bertz CT molecular complexity index is 456. The van der Waals surface area contributed by atoms with E-state index in [2.05, 4.69) is 0 Å². The summed E-state index contributed by atoms with van der Waals surface area (Å²) >= 11 is 0. The van der Waals surface area contributed by atoms with E-state index in [1.165, 1.54) is 0 Å². The minimum atomic E-state index is -1.14. The fraction of sp³-hybridized carbons (Fsp3) is 0.429. The van der Waals surface area contributed by atoms with Gasteiger partial charge in [-0.25, -0.2) is 4.79 Å². The lowest BCUT2D eigenvalue weighted by Gasteiger charge is -2.31. The Morgan fingerprint density at radius 1 is 1.16 bits per heavy atom. The van der Waals surface area contributed by atoms with Crippen LogP contribution in [0.2, 0.25) is 0 Å². The molecule has 1 aliphatic carbocycles. The number of hydrogen-bond acceptors (Lipinski definition) is 4. The zero-order valence-electron chi connectivity index (χ0n) is 10.4. The minimum Gasteiger partial charge on any atom is -0.481 e. The minimum absolute atomic E-state index is 0.396. The summed E-state index contributed by atoms with van der Waals surface area (Å²) in [5, 5.41) is 18.9. The van der Waals surface area contributed by atoms with Crippen LogP contribution in [0.4, 0.5) is 0 Å². The second kappa shape index (κ2) is 5.84. The fourth-order valence-corrected chi connectivity index (χ4v) is 2.32. The molecule has 0 radical (unpaired) electrons. The van der Waals surface area contributed by atoms with E-state index in [9.17, 15) is 14.7 Å². The first-order valence-electron chi connectivity index (χ1n) is 6.26. The van der Waals surface area contributed by atoms with Gasteiger partial charge < -0.3 is 14.9 Å². The molecule has 1 fully saturated rings. The first-order chi connectivity index (χ1) is 9.09. The number of esters is 1. The van der Waals surface area contributed by atoms with E-state index in [4.69, 9.17) is 9.84 Å². The van der Waals surface area contributed by atoms with Gasteiger partial charge >= 0.3 is 11.9 Å². The van der Waals surface area contributed by atoms with Crippen molar-refractivity contribution in [2.45, 2.75) is 31.5 Å². The lowest BCUT2D eigenvalue weighted by molar-refractivity contribution is -0.152. The zero-order valence-corrected chi connectivity index (χ0v) is 10.4. The highest BCUT2D eigenvalue weighted by Gasteiger charge is 2.38. The van der Waals surface area contributed by atoms with Gasteiger partial charge in [0.1, 0.15) is 12.2 Å². The van der Waals surface area contributed by atoms with Crippen molar-refractivity contribution in [3.63, 3.8) is 0 Å². The molecule has 1 aromatic rings. The Kier molecular flexibility index (Phi) is 4.16. The average Bonchev–Trinajstić information content (AvgIpc) is 2.41. The molecule has 5 nitrogen and oxygen atoms in total. The fourth-order valence-electron chi connectivity index (χ4n) is 2.32. The molecule has 102 valence electrons. The molecule has 0 amide bonds. The summed E-state index contributed by atoms with van der Waals surface area (Å²) in [5.74, 6) is -2.44. The second-order valence-electron chi connectivity index (χ2n) is 4.68. The smallest absolute Gasteiger partial charge is 0.338 e. The third-order valence-electron chi connectivity index (χ3n) is 3.38. The van der Waals surface area contributed by atoms with Crippen LogP contribution < -0.4 is 0 Å². The Morgan fingerprint density at radius 2 is 1.84 bits per heavy atom. The summed E-state index contributed by atoms with van der Waals surface area (Å²) < 4.78 is 5.22. The molecule has 0 bridgehead atoms. The standard InChI is InChI=1S/C14H16O5/c15-12-10(13(16)17)7-4-8-11(12)19-14(18)9-5-2-1-3-6-9/h1-3,5-6,10-12,15H,4,7-8H2,(H,16,17). The van der Waals surface area contributed by atoms with Gasteiger partial charge in [0, 0.05) is 0 Å². The van der Waals surface area contributed by atoms with Crippen LogP contribution in [0.3, 0.4) is 0 Å². The molecule has 3 atom stereocenters. The Hall–Kier alpha value is -1.88. The summed E-state index contributed by atoms with van der Waals surface area (Å²) in [4.78, 5) is 22.8. The maximum Gasteiger partial charge on any atom is 0.338 e. The van der Waals surface area contributed by atoms with Crippen LogP contribution in [0.1, 0.15) is 29.6 Å². The SMILES string of the molecule is O=C(OC1CCCC(C(=O)O)C1O)c1ccccc1. The number of carbonyl (C=O) groups is 2. The van der Waals surface area contributed by atoms with Crippen LogP contribution >= 0.6 is 0 Å². The van der Waals surface area contributed by atoms with Crippen molar-refractivity contribution in [3.8, 4) is 0 Å². The van der Waals surface area contributed by atoms with E-state index >= 15 is 0 Å². The normalized spacial score (nSPS) is 26.7. The van der Waals surface area contributed by atoms with Gasteiger partial charge in [-0.1, -0.05) is 18.2 Å². The van der Waals surface area contributed by atoms with Gasteiger partial charge in [0.25, 0.3) is 0 Å². The van der Waals surface area contributed by atoms with Crippen molar-refractivity contribution in [2.75, 3.05) is 0 Å². The Morgan fingerprint density at radius 3 is 2.47 bits per heavy atom. The molecular formula is C14H16O5. The first kappa shape index (κ1) is 13.5. The van der Waals surface area contributed by atoms with Gasteiger partial charge in [-0.2, -0.15) is 0 Å². The molecule has 2 rings (SSSR count). The predicted octanol–water partition coefficient (Wildman–Crippen LogP) is 1.46. The highest BCUT2D eigenvalue weighted by molar-refractivity contribution is 5.89. The third-order valence-corrected chi connectivity index (χ3v) is 3.38. The van der Waals surface area contributed by atoms with Crippen LogP contribution in [0.5, 0.6) is 0 Å². The number of aliphatic carboxylic acids is 1. The lowest BCUT2D eigenvalue weighted by Crippen LogP contribution is -2.43. The van der Waals surface area contributed by atoms with Crippen LogP contribution in [0.25, 0.3) is 0 Å². The molecule has 1 saturated carbocycles. The summed E-state index contributed by atoms with van der Waals surface area (Å²) in [6.45, 7) is 0. The zero-order chi connectivity index (χ0) is 13.8. The third kappa shape index (κ3) is 3.12. The van der Waals surface area contributed by atoms with E-state index in [1.54, 1.807) is 30.3 Å². The van der Waals surface area contributed by atoms with Crippen molar-refractivity contribution in [3.05, 3.63) is 35.9 Å². The Balaban J connectivity index is 2.02. The van der Waals surface area contributed by atoms with Crippen molar-refractivity contribution in [1.82, 2.24) is 0 Å². The second-order valence-corrected chi connectivity index (χ2v) is 4.68. The topological polar surface area (TPSA) is 83.8 Å². The van der Waals surface area contributed by atoms with Gasteiger partial charge in [0.05, 0.1) is 11.5 Å². The molecule has 0 aromatic heterocycles. The number of ether oxygens (including phenoxy) is 1. The lowest BCUT2D eigenvalue weighted by atomic mass is 9.84. The summed E-state index contributed by atoms with van der Waals surface area (Å²) in [6, 6.07) is 8.45. The van der Waals surface area contributed by atoms with Crippen molar-refractivity contribution in [1.29, 1.82) is 0 Å². The summed E-state index contributed by atoms with van der Waals surface area (Å²) in [6.07, 6.45) is -0.360. The molecule has 0 saturated heterocycles. The number of rotatable bonds is 3. The highest BCUT2D eigenvalue weighted by atomic mass is 16.6. The monoisotopic (exact) mass is 264 g/mol. The average molecular weight is 264 g/mol. The summed E-state index contributed by atoms with van der Waals surface area (Å²) in [7, 11) is 0. The van der Waals surface area contributed by atoms with Crippen LogP contribution in [-0.2, 0) is 9.53 Å². The molecule has 2 N–H and O–H groups in total. The molecule has 0 aliphatic heterocycles. The number of aliphatic hydroxyl groups is 1. The van der Waals surface area contributed by atoms with E-state index in [0.717, 1.165) is 0 Å². The highest BCUT2D eigenvalue weighted by Crippen LogP contribution is 2.27. The van der Waals surface area contributed by atoms with E-state index in [1.807, 2.05) is 0 Å². The number of carboxylic acids is 1. The number of aliphatic hydroxyl groups excluding tert-OH is 1. The van der Waals surface area contributed by atoms with Gasteiger partial charge in [-0.15, -0.1) is 0 Å². The first-order valence-corrected chi connectivity index (χ1v) is 6.26.